The normalized spacial score (nSPS) is 17.6. The van der Waals surface area contributed by atoms with Gasteiger partial charge < -0.3 is 53.5 Å². The molecule has 0 spiro atoms. The number of H-pyrrole nitrogens is 1. The third-order valence-electron chi connectivity index (χ3n) is 11.2. The van der Waals surface area contributed by atoms with Crippen LogP contribution < -0.4 is 38.5 Å². The molecule has 17 heteroatoms. The molecule has 1 aliphatic carbocycles. The highest BCUT2D eigenvalue weighted by Gasteiger charge is 2.40. The standard InChI is InChI=1S/C42H58N10O7/c1-25(53)48-34(23-28-24-47-31-12-6-5-11-30(28)31)39(57)51-35(22-26-9-3-2-4-10-26)41(59)52-20-8-14-36(52)40(58)50-33(21-27-15-17-29(54)18-16-27)38(56)49-32(37(43)55)13-7-19-46-42(44)45/h5-6,11-12,15-18,24,26,32-36,47,54H,2-4,7-10,13-14,19-23H2,1H3,(H2,43,55)(H,48,53)(H,49,56)(H,50,58)(H,51,57)(H4,44,45,46)/t32-,33+,34-,35-,36+/m0/s1. The number of aliphatic imine (C=N–C) groups is 1. The smallest absolute Gasteiger partial charge is 0.245 e. The highest BCUT2D eigenvalue weighted by atomic mass is 16.3. The number of guanidine groups is 1. The second kappa shape index (κ2) is 21.0. The molecule has 1 aliphatic heterocycles. The zero-order valence-electron chi connectivity index (χ0n) is 33.6. The van der Waals surface area contributed by atoms with Crippen molar-refractivity contribution in [1.82, 2.24) is 31.2 Å². The van der Waals surface area contributed by atoms with E-state index in [1.54, 1.807) is 12.1 Å². The molecule has 0 unspecified atom stereocenters. The van der Waals surface area contributed by atoms with Crippen LogP contribution in [0.2, 0.25) is 0 Å². The molecule has 3 aromatic rings. The molecular formula is C42H58N10O7. The van der Waals surface area contributed by atoms with Crippen LogP contribution in [0.25, 0.3) is 10.9 Å². The number of nitrogens with zero attached hydrogens (tertiary/aromatic N) is 2. The summed E-state index contributed by atoms with van der Waals surface area (Å²) in [6, 6.07) is 8.63. The van der Waals surface area contributed by atoms with E-state index >= 15 is 0 Å². The van der Waals surface area contributed by atoms with Gasteiger partial charge >= 0.3 is 0 Å². The van der Waals surface area contributed by atoms with E-state index in [0.717, 1.165) is 48.6 Å². The fourth-order valence-electron chi connectivity index (χ4n) is 8.13. The van der Waals surface area contributed by atoms with Crippen LogP contribution in [0.3, 0.4) is 0 Å². The number of benzene rings is 2. The maximum atomic E-state index is 14.6. The summed E-state index contributed by atoms with van der Waals surface area (Å²) in [6.45, 7) is 1.81. The van der Waals surface area contributed by atoms with Crippen LogP contribution in [0, 0.1) is 5.92 Å². The number of phenolic OH excluding ortho intramolecular Hbond substituents is 1. The number of carbonyl (C=O) groups excluding carboxylic acids is 6. The highest BCUT2D eigenvalue weighted by Crippen LogP contribution is 2.29. The number of fused-ring (bicyclic) bond motifs is 1. The number of carbonyl (C=O) groups is 6. The number of phenols is 1. The molecule has 59 heavy (non-hydrogen) atoms. The van der Waals surface area contributed by atoms with Gasteiger partial charge in [0.15, 0.2) is 5.96 Å². The highest BCUT2D eigenvalue weighted by molar-refractivity contribution is 5.97. The Morgan fingerprint density at radius 2 is 1.49 bits per heavy atom. The average Bonchev–Trinajstić information content (AvgIpc) is 3.87. The summed E-state index contributed by atoms with van der Waals surface area (Å²) in [6.07, 6.45) is 8.62. The lowest BCUT2D eigenvalue weighted by Crippen LogP contribution is -2.59. The first kappa shape index (κ1) is 44.0. The lowest BCUT2D eigenvalue weighted by Gasteiger charge is -2.33. The molecular weight excluding hydrogens is 757 g/mol. The van der Waals surface area contributed by atoms with Gasteiger partial charge in [-0.05, 0) is 67.3 Å². The maximum Gasteiger partial charge on any atom is 0.245 e. The van der Waals surface area contributed by atoms with Gasteiger partial charge in [0.05, 0.1) is 0 Å². The Bertz CT molecular complexity index is 1970. The summed E-state index contributed by atoms with van der Waals surface area (Å²) in [5.41, 5.74) is 18.8. The number of nitrogens with two attached hydrogens (primary N) is 3. The summed E-state index contributed by atoms with van der Waals surface area (Å²) in [5.74, 6) is -3.25. The quantitative estimate of drug-likeness (QED) is 0.0476. The largest absolute Gasteiger partial charge is 0.508 e. The minimum Gasteiger partial charge on any atom is -0.508 e. The van der Waals surface area contributed by atoms with Crippen molar-refractivity contribution in [3.63, 3.8) is 0 Å². The number of primary amides is 1. The number of nitrogens with one attached hydrogen (secondary N) is 5. The van der Waals surface area contributed by atoms with Gasteiger partial charge in [-0.15, -0.1) is 0 Å². The van der Waals surface area contributed by atoms with Crippen molar-refractivity contribution < 1.29 is 33.9 Å². The van der Waals surface area contributed by atoms with Gasteiger partial charge in [0.25, 0.3) is 0 Å². The van der Waals surface area contributed by atoms with E-state index in [-0.39, 0.29) is 50.0 Å². The van der Waals surface area contributed by atoms with Crippen molar-refractivity contribution in [2.75, 3.05) is 13.1 Å². The van der Waals surface area contributed by atoms with Crippen LogP contribution in [-0.4, -0.2) is 99.7 Å². The van der Waals surface area contributed by atoms with Crippen LogP contribution in [-0.2, 0) is 41.6 Å². The first-order chi connectivity index (χ1) is 28.3. The molecule has 318 valence electrons. The van der Waals surface area contributed by atoms with Gasteiger partial charge in [-0.3, -0.25) is 33.8 Å². The van der Waals surface area contributed by atoms with Crippen LogP contribution in [0.15, 0.2) is 59.7 Å². The van der Waals surface area contributed by atoms with E-state index in [4.69, 9.17) is 17.2 Å². The SMILES string of the molecule is CC(=O)N[C@@H](Cc1c[nH]c2ccccc12)C(=O)N[C@@H](CC1CCCCC1)C(=O)N1CCC[C@@H]1C(=O)N[C@H](Cc1ccc(O)cc1)C(=O)N[C@@H](CCCN=C(N)N)C(N)=O. The van der Waals surface area contributed by atoms with E-state index in [1.807, 2.05) is 30.5 Å². The Balaban J connectivity index is 1.34. The summed E-state index contributed by atoms with van der Waals surface area (Å²) in [4.78, 5) is 90.0. The minimum absolute atomic E-state index is 0.000664. The summed E-state index contributed by atoms with van der Waals surface area (Å²) >= 11 is 0. The number of hydrogen-bond acceptors (Lipinski definition) is 8. The maximum absolute atomic E-state index is 14.6. The van der Waals surface area contributed by atoms with E-state index in [9.17, 15) is 33.9 Å². The molecule has 6 amide bonds. The molecule has 2 heterocycles. The lowest BCUT2D eigenvalue weighted by atomic mass is 9.84. The molecule has 5 atom stereocenters. The molecule has 5 rings (SSSR count). The monoisotopic (exact) mass is 814 g/mol. The summed E-state index contributed by atoms with van der Waals surface area (Å²) in [7, 11) is 0. The van der Waals surface area contributed by atoms with Crippen LogP contribution >= 0.6 is 0 Å². The molecule has 1 saturated carbocycles. The molecule has 2 aromatic carbocycles. The van der Waals surface area contributed by atoms with Gasteiger partial charge in [0.1, 0.15) is 36.0 Å². The number of hydrogen-bond donors (Lipinski definition) is 9. The number of aromatic hydroxyl groups is 1. The molecule has 0 radical (unpaired) electrons. The number of likely N-dealkylation sites (tertiary alicyclic amines) is 1. The third-order valence-corrected chi connectivity index (χ3v) is 11.2. The molecule has 1 aromatic heterocycles. The summed E-state index contributed by atoms with van der Waals surface area (Å²) in [5, 5.41) is 22.0. The molecule has 2 aliphatic rings. The molecule has 0 bridgehead atoms. The Morgan fingerprint density at radius 1 is 0.814 bits per heavy atom. The van der Waals surface area contributed by atoms with Gasteiger partial charge in [-0.2, -0.15) is 0 Å². The van der Waals surface area contributed by atoms with E-state index in [2.05, 4.69) is 31.2 Å². The predicted molar refractivity (Wildman–Crippen MR) is 222 cm³/mol. The van der Waals surface area contributed by atoms with Crippen LogP contribution in [0.1, 0.15) is 82.3 Å². The van der Waals surface area contributed by atoms with Gasteiger partial charge in [-0.1, -0.05) is 62.4 Å². The van der Waals surface area contributed by atoms with Crippen molar-refractivity contribution in [2.45, 2.75) is 114 Å². The van der Waals surface area contributed by atoms with Crippen molar-refractivity contribution in [1.29, 1.82) is 0 Å². The Hall–Kier alpha value is -6.13. The number of para-hydroxylation sites is 1. The predicted octanol–water partition coefficient (Wildman–Crippen LogP) is 1.12. The van der Waals surface area contributed by atoms with Crippen molar-refractivity contribution in [3.05, 3.63) is 65.9 Å². The fourth-order valence-corrected chi connectivity index (χ4v) is 8.13. The zero-order chi connectivity index (χ0) is 42.5. The fraction of sp³-hybridized carbons (Fsp3) is 0.500. The summed E-state index contributed by atoms with van der Waals surface area (Å²) < 4.78 is 0. The first-order valence-electron chi connectivity index (χ1n) is 20.4. The van der Waals surface area contributed by atoms with Crippen molar-refractivity contribution >= 4 is 52.3 Å². The number of aromatic amines is 1. The minimum atomic E-state index is -1.19. The average molecular weight is 815 g/mol. The van der Waals surface area contributed by atoms with Gasteiger partial charge in [-0.25, -0.2) is 0 Å². The Labute approximate surface area is 343 Å². The molecule has 12 N–H and O–H groups in total. The molecule has 2 fully saturated rings. The number of rotatable bonds is 19. The Kier molecular flexibility index (Phi) is 15.7. The van der Waals surface area contributed by atoms with Crippen molar-refractivity contribution in [2.24, 2.45) is 28.1 Å². The second-order valence-corrected chi connectivity index (χ2v) is 15.7. The second-order valence-electron chi connectivity index (χ2n) is 15.7. The molecule has 17 nitrogen and oxygen atoms in total. The molecule has 1 saturated heterocycles. The number of aromatic nitrogens is 1. The third kappa shape index (κ3) is 12.7. The van der Waals surface area contributed by atoms with E-state index < -0.39 is 65.7 Å². The van der Waals surface area contributed by atoms with E-state index in [0.29, 0.717) is 31.2 Å². The van der Waals surface area contributed by atoms with Crippen molar-refractivity contribution in [3.8, 4) is 5.75 Å². The lowest BCUT2D eigenvalue weighted by molar-refractivity contribution is -0.143. The van der Waals surface area contributed by atoms with E-state index in [1.165, 1.54) is 24.0 Å². The van der Waals surface area contributed by atoms with Crippen LogP contribution in [0.4, 0.5) is 0 Å². The number of amides is 6. The van der Waals surface area contributed by atoms with Gasteiger partial charge in [0, 0.05) is 50.0 Å². The first-order valence-corrected chi connectivity index (χ1v) is 20.4. The van der Waals surface area contributed by atoms with Gasteiger partial charge in [0.2, 0.25) is 35.4 Å². The zero-order valence-corrected chi connectivity index (χ0v) is 33.6. The Morgan fingerprint density at radius 3 is 2.17 bits per heavy atom. The van der Waals surface area contributed by atoms with Crippen LogP contribution in [0.5, 0.6) is 5.75 Å². The topological polar surface area (TPSA) is 280 Å².